The number of hydrogen-bond acceptors (Lipinski definition) is 9. The highest BCUT2D eigenvalue weighted by atomic mass is 19.4. The largest absolute Gasteiger partial charge is 0.481 e. The predicted octanol–water partition coefficient (Wildman–Crippen LogP) is 8.02. The molecular weight excluding hydrogens is 708 g/mol. The van der Waals surface area contributed by atoms with Gasteiger partial charge in [-0.05, 0) is 61.2 Å². The molecule has 5 rings (SSSR count). The number of amides is 1. The van der Waals surface area contributed by atoms with E-state index in [1.165, 1.54) is 42.6 Å². The number of nitrogens with two attached hydrogens (primary N) is 1. The maximum Gasteiger partial charge on any atom is 0.416 e. The van der Waals surface area contributed by atoms with Crippen LogP contribution < -0.4 is 15.4 Å². The van der Waals surface area contributed by atoms with E-state index in [2.05, 4.69) is 15.0 Å². The average molecular weight is 744 g/mol. The highest BCUT2D eigenvalue weighted by Crippen LogP contribution is 2.51. The first-order chi connectivity index (χ1) is 25.1. The van der Waals surface area contributed by atoms with Crippen molar-refractivity contribution in [2.45, 2.75) is 63.1 Å². The zero-order valence-electron chi connectivity index (χ0n) is 28.7. The molecular formula is C37H35F6N5O5. The molecule has 4 aromatic rings. The minimum absolute atomic E-state index is 0.00999. The maximum atomic E-state index is 14.2. The van der Waals surface area contributed by atoms with Gasteiger partial charge in [0.05, 0.1) is 47.8 Å². The summed E-state index contributed by atoms with van der Waals surface area (Å²) < 4.78 is 101. The number of carbonyl (C=O) groups excluding carboxylic acids is 2. The molecule has 280 valence electrons. The molecule has 2 aromatic carbocycles. The van der Waals surface area contributed by atoms with Gasteiger partial charge in [-0.25, -0.2) is 24.5 Å². The average Bonchev–Trinajstić information content (AvgIpc) is 3.13. The van der Waals surface area contributed by atoms with Gasteiger partial charge in [-0.3, -0.25) is 4.90 Å². The van der Waals surface area contributed by atoms with Gasteiger partial charge in [0.25, 0.3) is 0 Å². The van der Waals surface area contributed by atoms with Crippen molar-refractivity contribution < 1.29 is 50.1 Å². The number of ether oxygens (including phenoxy) is 3. The number of benzene rings is 2. The summed E-state index contributed by atoms with van der Waals surface area (Å²) in [4.78, 5) is 40.2. The van der Waals surface area contributed by atoms with Crippen molar-refractivity contribution in [3.8, 4) is 5.88 Å². The third-order valence-corrected chi connectivity index (χ3v) is 8.74. The summed E-state index contributed by atoms with van der Waals surface area (Å²) in [6, 6.07) is 13.1. The fourth-order valence-corrected chi connectivity index (χ4v) is 6.14. The Balaban J connectivity index is 1.65. The van der Waals surface area contributed by atoms with E-state index < -0.39 is 58.6 Å². The minimum Gasteiger partial charge on any atom is -0.481 e. The lowest BCUT2D eigenvalue weighted by Gasteiger charge is -2.47. The molecule has 0 spiro atoms. The number of rotatable bonds is 10. The van der Waals surface area contributed by atoms with Crippen LogP contribution in [0.1, 0.15) is 77.9 Å². The molecule has 0 saturated heterocycles. The van der Waals surface area contributed by atoms with E-state index in [-0.39, 0.29) is 60.8 Å². The van der Waals surface area contributed by atoms with Crippen LogP contribution in [0.5, 0.6) is 5.88 Å². The summed E-state index contributed by atoms with van der Waals surface area (Å²) in [5.74, 6) is -3.33. The molecule has 1 unspecified atom stereocenters. The van der Waals surface area contributed by atoms with Crippen molar-refractivity contribution in [2.75, 3.05) is 18.6 Å². The lowest BCUT2D eigenvalue weighted by atomic mass is 9.73. The number of aromatic nitrogens is 3. The highest BCUT2D eigenvalue weighted by molar-refractivity contribution is 5.91. The Kier molecular flexibility index (Phi) is 11.4. The Morgan fingerprint density at radius 3 is 2.17 bits per heavy atom. The second-order valence-corrected chi connectivity index (χ2v) is 12.2. The van der Waals surface area contributed by atoms with Crippen molar-refractivity contribution in [3.05, 3.63) is 118 Å². The van der Waals surface area contributed by atoms with E-state index in [0.29, 0.717) is 12.1 Å². The molecule has 1 aliphatic rings. The van der Waals surface area contributed by atoms with Crippen LogP contribution in [-0.4, -0.2) is 46.4 Å². The van der Waals surface area contributed by atoms with Crippen LogP contribution in [0, 0.1) is 0 Å². The van der Waals surface area contributed by atoms with Crippen LogP contribution in [0.25, 0.3) is 6.08 Å². The Hall–Kier alpha value is -5.51. The van der Waals surface area contributed by atoms with Gasteiger partial charge >= 0.3 is 24.4 Å². The number of fused-ring (bicyclic) bond motifs is 1. The molecule has 3 heterocycles. The fourth-order valence-electron chi connectivity index (χ4n) is 6.14. The molecule has 0 radical (unpaired) electrons. The number of anilines is 1. The Morgan fingerprint density at radius 2 is 1.60 bits per heavy atom. The first-order valence-corrected chi connectivity index (χ1v) is 16.4. The van der Waals surface area contributed by atoms with Gasteiger partial charge < -0.3 is 19.9 Å². The smallest absolute Gasteiger partial charge is 0.416 e. The summed E-state index contributed by atoms with van der Waals surface area (Å²) in [7, 11) is 1.32. The number of hydrogen-bond donors (Lipinski definition) is 1. The summed E-state index contributed by atoms with van der Waals surface area (Å²) in [6.45, 7) is 3.28. The van der Waals surface area contributed by atoms with Gasteiger partial charge in [-0.15, -0.1) is 0 Å². The van der Waals surface area contributed by atoms with E-state index in [1.807, 2.05) is 6.07 Å². The topological polar surface area (TPSA) is 130 Å². The molecule has 2 aromatic heterocycles. The monoisotopic (exact) mass is 743 g/mol. The molecule has 0 bridgehead atoms. The van der Waals surface area contributed by atoms with Crippen LogP contribution in [0.15, 0.2) is 79.1 Å². The van der Waals surface area contributed by atoms with Crippen molar-refractivity contribution in [3.63, 3.8) is 0 Å². The van der Waals surface area contributed by atoms with Crippen LogP contribution in [0.2, 0.25) is 0 Å². The lowest BCUT2D eigenvalue weighted by molar-refractivity contribution is -0.143. The Morgan fingerprint density at radius 1 is 0.962 bits per heavy atom. The van der Waals surface area contributed by atoms with Crippen LogP contribution in [-0.2, 0) is 33.2 Å². The predicted molar refractivity (Wildman–Crippen MR) is 180 cm³/mol. The number of carbonyl (C=O) groups is 2. The standard InChI is InChI=1S/C37H35F6N5O5/c1-4-35(44)18-27(32-28(12-13-29(47-32)51-3)48(35)34(50)52-5-2)31(24-15-25(36(38,39)40)17-26(16-24)37(41,42)43)33-45-19-23(20-46-33)11-14-30(49)53-21-22-9-7-6-8-10-22/h6-17,19-20,27,31H,4-5,18,21,44H2,1-3H3/t27-,31?,35+/m0/s1. The van der Waals surface area contributed by atoms with Crippen LogP contribution in [0.4, 0.5) is 36.8 Å². The lowest BCUT2D eigenvalue weighted by Crippen LogP contribution is -2.62. The van der Waals surface area contributed by atoms with Gasteiger partial charge in [0.1, 0.15) is 12.4 Å². The molecule has 3 atom stereocenters. The van der Waals surface area contributed by atoms with Crippen molar-refractivity contribution in [2.24, 2.45) is 5.73 Å². The third-order valence-electron chi connectivity index (χ3n) is 8.74. The van der Waals surface area contributed by atoms with Crippen LogP contribution >= 0.6 is 0 Å². The van der Waals surface area contributed by atoms with Crippen LogP contribution in [0.3, 0.4) is 0 Å². The van der Waals surface area contributed by atoms with Crippen molar-refractivity contribution in [1.29, 1.82) is 0 Å². The zero-order chi connectivity index (χ0) is 38.6. The normalized spacial score (nSPS) is 18.0. The SMILES string of the molecule is CCOC(=O)N1c2ccc(OC)nc2[C@H](C(c2cc(C(F)(F)F)cc(C(F)(F)F)c2)c2ncc(C=CC(=O)OCc3ccccc3)cn2)C[C@@]1(N)CC. The molecule has 0 aliphatic carbocycles. The van der Waals surface area contributed by atoms with E-state index in [9.17, 15) is 35.9 Å². The minimum atomic E-state index is -5.15. The van der Waals surface area contributed by atoms with Gasteiger partial charge in [-0.2, -0.15) is 26.3 Å². The van der Waals surface area contributed by atoms with Gasteiger partial charge in [0.2, 0.25) is 5.88 Å². The molecule has 1 amide bonds. The van der Waals surface area contributed by atoms with Crippen molar-refractivity contribution >= 4 is 23.8 Å². The van der Waals surface area contributed by atoms with Gasteiger partial charge in [0.15, 0.2) is 0 Å². The highest BCUT2D eigenvalue weighted by Gasteiger charge is 2.49. The maximum absolute atomic E-state index is 14.2. The zero-order valence-corrected chi connectivity index (χ0v) is 28.7. The van der Waals surface area contributed by atoms with Crippen molar-refractivity contribution in [1.82, 2.24) is 15.0 Å². The third kappa shape index (κ3) is 8.76. The summed E-state index contributed by atoms with van der Waals surface area (Å²) in [5.41, 5.74) is 3.05. The summed E-state index contributed by atoms with van der Waals surface area (Å²) in [6.07, 6.45) is -6.25. The molecule has 10 nitrogen and oxygen atoms in total. The molecule has 0 fully saturated rings. The number of methoxy groups -OCH3 is 1. The number of halogens is 6. The van der Waals surface area contributed by atoms with Gasteiger partial charge in [-0.1, -0.05) is 37.3 Å². The molecule has 2 N–H and O–H groups in total. The quantitative estimate of drug-likeness (QED) is 0.0975. The van der Waals surface area contributed by atoms with E-state index in [1.54, 1.807) is 38.1 Å². The Bertz CT molecular complexity index is 1920. The molecule has 53 heavy (non-hydrogen) atoms. The fraction of sp³-hybridized carbons (Fsp3) is 0.324. The molecule has 1 aliphatic heterocycles. The number of nitrogens with zero attached hydrogens (tertiary/aromatic N) is 4. The molecule has 16 heteroatoms. The van der Waals surface area contributed by atoms with E-state index in [4.69, 9.17) is 19.9 Å². The molecule has 0 saturated carbocycles. The number of esters is 1. The Labute approximate surface area is 300 Å². The number of pyridine rings is 1. The first-order valence-electron chi connectivity index (χ1n) is 16.4. The second-order valence-electron chi connectivity index (χ2n) is 12.2. The van der Waals surface area contributed by atoms with E-state index in [0.717, 1.165) is 11.6 Å². The summed E-state index contributed by atoms with van der Waals surface area (Å²) >= 11 is 0. The summed E-state index contributed by atoms with van der Waals surface area (Å²) in [5, 5.41) is 0. The van der Waals surface area contributed by atoms with Gasteiger partial charge in [0, 0.05) is 36.0 Å². The first kappa shape index (κ1) is 38.7. The van der Waals surface area contributed by atoms with E-state index >= 15 is 0 Å². The number of alkyl halides is 6. The second kappa shape index (κ2) is 15.6.